The Bertz CT molecular complexity index is 172. The molecule has 0 rings (SSSR count). The molecule has 0 aromatic carbocycles. The molecule has 0 aliphatic heterocycles. The second kappa shape index (κ2) is 7.29. The van der Waals surface area contributed by atoms with Crippen molar-refractivity contribution in [1.29, 1.82) is 0 Å². The van der Waals surface area contributed by atoms with Gasteiger partial charge in [-0.25, -0.2) is 0 Å². The number of hydrogen-bond acceptors (Lipinski definition) is 2. The SMILES string of the molecule is CCC(C)CN(C)CC(CN)CC(C)(C)C. The van der Waals surface area contributed by atoms with Crippen LogP contribution in [0.25, 0.3) is 0 Å². The highest BCUT2D eigenvalue weighted by atomic mass is 15.1. The molecule has 0 saturated heterocycles. The fourth-order valence-corrected chi connectivity index (χ4v) is 2.26. The summed E-state index contributed by atoms with van der Waals surface area (Å²) >= 11 is 0. The maximum atomic E-state index is 5.86. The van der Waals surface area contributed by atoms with E-state index in [9.17, 15) is 0 Å². The fraction of sp³-hybridized carbons (Fsp3) is 1.00. The summed E-state index contributed by atoms with van der Waals surface area (Å²) in [6.45, 7) is 14.6. The van der Waals surface area contributed by atoms with Gasteiger partial charge in [-0.3, -0.25) is 0 Å². The van der Waals surface area contributed by atoms with E-state index in [1.807, 2.05) is 0 Å². The van der Waals surface area contributed by atoms with Gasteiger partial charge >= 0.3 is 0 Å². The van der Waals surface area contributed by atoms with Crippen LogP contribution in [0.15, 0.2) is 0 Å². The summed E-state index contributed by atoms with van der Waals surface area (Å²) in [6.07, 6.45) is 2.48. The van der Waals surface area contributed by atoms with Gasteiger partial charge in [0, 0.05) is 13.1 Å². The molecule has 0 bridgehead atoms. The van der Waals surface area contributed by atoms with Gasteiger partial charge in [-0.05, 0) is 37.3 Å². The van der Waals surface area contributed by atoms with Crippen LogP contribution in [-0.2, 0) is 0 Å². The highest BCUT2D eigenvalue weighted by Gasteiger charge is 2.19. The van der Waals surface area contributed by atoms with E-state index >= 15 is 0 Å². The molecule has 0 saturated carbocycles. The molecule has 0 aromatic heterocycles. The number of nitrogens with two attached hydrogens (primary N) is 1. The lowest BCUT2D eigenvalue weighted by Gasteiger charge is -2.29. The molecule has 2 atom stereocenters. The van der Waals surface area contributed by atoms with Crippen molar-refractivity contribution >= 4 is 0 Å². The molecule has 2 heteroatoms. The minimum atomic E-state index is 0.390. The van der Waals surface area contributed by atoms with Crippen molar-refractivity contribution in [2.24, 2.45) is 23.0 Å². The first-order valence-electron chi connectivity index (χ1n) is 6.67. The van der Waals surface area contributed by atoms with Crippen LogP contribution in [0.2, 0.25) is 0 Å². The second-order valence-corrected chi connectivity index (χ2v) is 6.60. The molecular weight excluding hydrogens is 196 g/mol. The summed E-state index contributed by atoms with van der Waals surface area (Å²) in [5.74, 6) is 1.42. The van der Waals surface area contributed by atoms with Crippen molar-refractivity contribution in [2.75, 3.05) is 26.7 Å². The van der Waals surface area contributed by atoms with Gasteiger partial charge in [-0.1, -0.05) is 41.0 Å². The molecule has 0 spiro atoms. The molecule has 0 radical (unpaired) electrons. The van der Waals surface area contributed by atoms with E-state index in [0.717, 1.165) is 19.0 Å². The normalized spacial score (nSPS) is 16.5. The molecule has 2 N–H and O–H groups in total. The maximum absolute atomic E-state index is 5.86. The highest BCUT2D eigenvalue weighted by molar-refractivity contribution is 4.73. The van der Waals surface area contributed by atoms with Gasteiger partial charge < -0.3 is 10.6 Å². The average molecular weight is 228 g/mol. The quantitative estimate of drug-likeness (QED) is 0.726. The largest absolute Gasteiger partial charge is 0.330 e. The third-order valence-corrected chi connectivity index (χ3v) is 3.12. The Morgan fingerprint density at radius 1 is 1.19 bits per heavy atom. The summed E-state index contributed by atoms with van der Waals surface area (Å²) in [5.41, 5.74) is 6.26. The molecule has 98 valence electrons. The van der Waals surface area contributed by atoms with Crippen LogP contribution in [0.4, 0.5) is 0 Å². The molecular formula is C14H32N2. The molecule has 0 aliphatic carbocycles. The Morgan fingerprint density at radius 3 is 2.12 bits per heavy atom. The second-order valence-electron chi connectivity index (χ2n) is 6.60. The summed E-state index contributed by atoms with van der Waals surface area (Å²) in [5, 5.41) is 0. The number of hydrogen-bond donors (Lipinski definition) is 1. The number of rotatable bonds is 7. The fourth-order valence-electron chi connectivity index (χ4n) is 2.26. The van der Waals surface area contributed by atoms with Crippen LogP contribution >= 0.6 is 0 Å². The molecule has 0 fully saturated rings. The lowest BCUT2D eigenvalue weighted by Crippen LogP contribution is -2.34. The Balaban J connectivity index is 4.02. The van der Waals surface area contributed by atoms with E-state index in [4.69, 9.17) is 5.73 Å². The van der Waals surface area contributed by atoms with Crippen LogP contribution in [0.1, 0.15) is 47.5 Å². The van der Waals surface area contributed by atoms with Gasteiger partial charge in [0.15, 0.2) is 0 Å². The number of nitrogens with zero attached hydrogens (tertiary/aromatic N) is 1. The van der Waals surface area contributed by atoms with Crippen molar-refractivity contribution in [3.05, 3.63) is 0 Å². The zero-order valence-corrected chi connectivity index (χ0v) is 12.2. The van der Waals surface area contributed by atoms with E-state index < -0.39 is 0 Å². The summed E-state index contributed by atoms with van der Waals surface area (Å²) in [6, 6.07) is 0. The smallest absolute Gasteiger partial charge is 0.00190 e. The van der Waals surface area contributed by atoms with Crippen molar-refractivity contribution in [1.82, 2.24) is 4.90 Å². The van der Waals surface area contributed by atoms with Gasteiger partial charge in [0.1, 0.15) is 0 Å². The standard InChI is InChI=1S/C14H32N2/c1-7-12(2)10-16(6)11-13(9-15)8-14(3,4)5/h12-13H,7-11,15H2,1-6H3. The molecule has 0 amide bonds. The van der Waals surface area contributed by atoms with E-state index in [-0.39, 0.29) is 0 Å². The first kappa shape index (κ1) is 15.9. The minimum absolute atomic E-state index is 0.390. The lowest BCUT2D eigenvalue weighted by molar-refractivity contribution is 0.203. The zero-order chi connectivity index (χ0) is 12.8. The monoisotopic (exact) mass is 228 g/mol. The Kier molecular flexibility index (Phi) is 7.25. The molecule has 0 aromatic rings. The van der Waals surface area contributed by atoms with Crippen LogP contribution in [0.3, 0.4) is 0 Å². The third-order valence-electron chi connectivity index (χ3n) is 3.12. The van der Waals surface area contributed by atoms with Crippen LogP contribution < -0.4 is 5.73 Å². The van der Waals surface area contributed by atoms with Crippen molar-refractivity contribution < 1.29 is 0 Å². The van der Waals surface area contributed by atoms with E-state index in [1.165, 1.54) is 19.4 Å². The van der Waals surface area contributed by atoms with Gasteiger partial charge in [0.05, 0.1) is 0 Å². The van der Waals surface area contributed by atoms with Gasteiger partial charge in [-0.15, -0.1) is 0 Å². The van der Waals surface area contributed by atoms with E-state index in [0.29, 0.717) is 11.3 Å². The summed E-state index contributed by atoms with van der Waals surface area (Å²) < 4.78 is 0. The van der Waals surface area contributed by atoms with Crippen LogP contribution in [0, 0.1) is 17.3 Å². The molecule has 0 heterocycles. The highest BCUT2D eigenvalue weighted by Crippen LogP contribution is 2.24. The zero-order valence-electron chi connectivity index (χ0n) is 12.2. The minimum Gasteiger partial charge on any atom is -0.330 e. The van der Waals surface area contributed by atoms with Crippen molar-refractivity contribution in [3.63, 3.8) is 0 Å². The summed E-state index contributed by atoms with van der Waals surface area (Å²) in [7, 11) is 2.22. The third kappa shape index (κ3) is 8.12. The maximum Gasteiger partial charge on any atom is 0.00190 e. The molecule has 16 heavy (non-hydrogen) atoms. The van der Waals surface area contributed by atoms with E-state index in [2.05, 4.69) is 46.6 Å². The summed E-state index contributed by atoms with van der Waals surface area (Å²) in [4.78, 5) is 2.44. The van der Waals surface area contributed by atoms with Crippen molar-refractivity contribution in [2.45, 2.75) is 47.5 Å². The van der Waals surface area contributed by atoms with Crippen LogP contribution in [-0.4, -0.2) is 31.6 Å². The van der Waals surface area contributed by atoms with Gasteiger partial charge in [0.2, 0.25) is 0 Å². The lowest BCUT2D eigenvalue weighted by atomic mass is 9.84. The Hall–Kier alpha value is -0.0800. The van der Waals surface area contributed by atoms with E-state index in [1.54, 1.807) is 0 Å². The molecule has 2 unspecified atom stereocenters. The first-order valence-corrected chi connectivity index (χ1v) is 6.67. The Morgan fingerprint density at radius 2 is 1.75 bits per heavy atom. The predicted molar refractivity (Wildman–Crippen MR) is 73.6 cm³/mol. The first-order chi connectivity index (χ1) is 7.28. The average Bonchev–Trinajstić information content (AvgIpc) is 2.14. The van der Waals surface area contributed by atoms with Gasteiger partial charge in [-0.2, -0.15) is 0 Å². The predicted octanol–water partition coefficient (Wildman–Crippen LogP) is 2.98. The molecule has 0 aliphatic rings. The topological polar surface area (TPSA) is 29.3 Å². The van der Waals surface area contributed by atoms with Crippen molar-refractivity contribution in [3.8, 4) is 0 Å². The van der Waals surface area contributed by atoms with Crippen LogP contribution in [0.5, 0.6) is 0 Å². The molecule has 2 nitrogen and oxygen atoms in total. The Labute approximate surface area is 103 Å². The van der Waals surface area contributed by atoms with Gasteiger partial charge in [0.25, 0.3) is 0 Å².